The molecule has 7 heteroatoms. The zero-order valence-electron chi connectivity index (χ0n) is 11.8. The largest absolute Gasteiger partial charge is 0.477 e. The second-order valence-corrected chi connectivity index (χ2v) is 5.19. The molecule has 2 aromatic rings. The van der Waals surface area contributed by atoms with Gasteiger partial charge in [-0.15, -0.1) is 0 Å². The van der Waals surface area contributed by atoms with Gasteiger partial charge >= 0.3 is 12.1 Å². The van der Waals surface area contributed by atoms with Crippen LogP contribution in [-0.4, -0.2) is 15.6 Å². The highest BCUT2D eigenvalue weighted by atomic mass is 35.5. The van der Waals surface area contributed by atoms with E-state index in [0.717, 1.165) is 4.57 Å². The Hall–Kier alpha value is -1.95. The van der Waals surface area contributed by atoms with Crippen molar-refractivity contribution < 1.29 is 23.1 Å². The summed E-state index contributed by atoms with van der Waals surface area (Å²) in [5.41, 5.74) is -0.948. The number of rotatable bonds is 3. The molecule has 1 heterocycles. The van der Waals surface area contributed by atoms with Crippen LogP contribution in [0.2, 0.25) is 5.02 Å². The minimum absolute atomic E-state index is 0.0679. The van der Waals surface area contributed by atoms with Crippen LogP contribution in [0, 0.1) is 6.92 Å². The smallest absolute Gasteiger partial charge is 0.431 e. The Morgan fingerprint density at radius 1 is 1.27 bits per heavy atom. The summed E-state index contributed by atoms with van der Waals surface area (Å²) in [6, 6.07) is 6.05. The van der Waals surface area contributed by atoms with Gasteiger partial charge in [0, 0.05) is 17.1 Å². The molecule has 0 aliphatic rings. The number of alkyl halides is 3. The lowest BCUT2D eigenvalue weighted by atomic mass is 10.0. The number of carbonyl (C=O) groups is 1. The van der Waals surface area contributed by atoms with E-state index in [9.17, 15) is 23.1 Å². The SMILES string of the molecule is CCn1c(C(=O)O)c(-c2ccc(Cl)cc2)c(C)c1C(F)(F)F. The molecule has 0 aliphatic carbocycles. The van der Waals surface area contributed by atoms with Crippen molar-refractivity contribution >= 4 is 17.6 Å². The van der Waals surface area contributed by atoms with Crippen molar-refractivity contribution in [2.45, 2.75) is 26.6 Å². The predicted molar refractivity (Wildman–Crippen MR) is 77.3 cm³/mol. The van der Waals surface area contributed by atoms with Crippen molar-refractivity contribution in [2.24, 2.45) is 0 Å². The van der Waals surface area contributed by atoms with E-state index in [0.29, 0.717) is 10.6 Å². The average molecular weight is 332 g/mol. The minimum Gasteiger partial charge on any atom is -0.477 e. The Morgan fingerprint density at radius 2 is 1.82 bits per heavy atom. The van der Waals surface area contributed by atoms with Gasteiger partial charge in [0.15, 0.2) is 0 Å². The molecule has 0 radical (unpaired) electrons. The molecule has 0 bridgehead atoms. The van der Waals surface area contributed by atoms with Gasteiger partial charge in [-0.25, -0.2) is 4.79 Å². The van der Waals surface area contributed by atoms with E-state index in [1.807, 2.05) is 0 Å². The summed E-state index contributed by atoms with van der Waals surface area (Å²) in [6.45, 7) is 2.67. The maximum Gasteiger partial charge on any atom is 0.431 e. The Balaban J connectivity index is 2.86. The molecule has 0 atom stereocenters. The Kier molecular flexibility index (Phi) is 4.24. The molecule has 0 fully saturated rings. The summed E-state index contributed by atoms with van der Waals surface area (Å²) in [7, 11) is 0. The zero-order chi connectivity index (χ0) is 16.7. The number of halogens is 4. The van der Waals surface area contributed by atoms with Crippen LogP contribution in [0.1, 0.15) is 28.7 Å². The normalized spacial score (nSPS) is 11.7. The highest BCUT2D eigenvalue weighted by Crippen LogP contribution is 2.41. The van der Waals surface area contributed by atoms with Crippen LogP contribution in [0.15, 0.2) is 24.3 Å². The molecule has 0 unspecified atom stereocenters. The lowest BCUT2D eigenvalue weighted by molar-refractivity contribution is -0.143. The van der Waals surface area contributed by atoms with E-state index in [4.69, 9.17) is 11.6 Å². The average Bonchev–Trinajstić information content (AvgIpc) is 2.72. The van der Waals surface area contributed by atoms with Gasteiger partial charge in [-0.05, 0) is 37.1 Å². The van der Waals surface area contributed by atoms with Gasteiger partial charge in [-0.2, -0.15) is 13.2 Å². The third-order valence-corrected chi connectivity index (χ3v) is 3.68. The maximum atomic E-state index is 13.3. The summed E-state index contributed by atoms with van der Waals surface area (Å²) >= 11 is 5.78. The number of aromatic nitrogens is 1. The number of aromatic carboxylic acids is 1. The molecule has 1 aromatic heterocycles. The van der Waals surface area contributed by atoms with Gasteiger partial charge in [-0.1, -0.05) is 23.7 Å². The van der Waals surface area contributed by atoms with Crippen molar-refractivity contribution in [3.05, 3.63) is 46.2 Å². The van der Waals surface area contributed by atoms with Crippen LogP contribution in [0.25, 0.3) is 11.1 Å². The lowest BCUT2D eigenvalue weighted by Crippen LogP contribution is -2.17. The van der Waals surface area contributed by atoms with E-state index in [1.165, 1.54) is 38.1 Å². The van der Waals surface area contributed by atoms with E-state index in [2.05, 4.69) is 0 Å². The number of hydrogen-bond acceptors (Lipinski definition) is 1. The Morgan fingerprint density at radius 3 is 2.23 bits per heavy atom. The first-order valence-electron chi connectivity index (χ1n) is 6.48. The standard InChI is InChI=1S/C15H13ClF3NO2/c1-3-20-12(14(21)22)11(8(2)13(20)15(17,18)19)9-4-6-10(16)7-5-9/h4-7H,3H2,1-2H3,(H,21,22). The summed E-state index contributed by atoms with van der Waals surface area (Å²) in [6.07, 6.45) is -4.63. The van der Waals surface area contributed by atoms with E-state index in [1.54, 1.807) is 0 Å². The molecular weight excluding hydrogens is 319 g/mol. The van der Waals surface area contributed by atoms with Crippen LogP contribution < -0.4 is 0 Å². The molecule has 0 spiro atoms. The second kappa shape index (κ2) is 5.68. The fourth-order valence-electron chi connectivity index (χ4n) is 2.62. The van der Waals surface area contributed by atoms with E-state index in [-0.39, 0.29) is 23.4 Å². The van der Waals surface area contributed by atoms with Crippen molar-refractivity contribution in [1.29, 1.82) is 0 Å². The first-order valence-corrected chi connectivity index (χ1v) is 6.85. The van der Waals surface area contributed by atoms with E-state index >= 15 is 0 Å². The highest BCUT2D eigenvalue weighted by Gasteiger charge is 2.40. The molecule has 22 heavy (non-hydrogen) atoms. The quantitative estimate of drug-likeness (QED) is 0.873. The number of hydrogen-bond donors (Lipinski definition) is 1. The fraction of sp³-hybridized carbons (Fsp3) is 0.267. The van der Waals surface area contributed by atoms with Crippen LogP contribution in [0.4, 0.5) is 13.2 Å². The third kappa shape index (κ3) is 2.70. The van der Waals surface area contributed by atoms with Crippen LogP contribution in [0.3, 0.4) is 0 Å². The van der Waals surface area contributed by atoms with Crippen molar-refractivity contribution in [2.75, 3.05) is 0 Å². The van der Waals surface area contributed by atoms with Gasteiger partial charge in [-0.3, -0.25) is 0 Å². The highest BCUT2D eigenvalue weighted by molar-refractivity contribution is 6.30. The van der Waals surface area contributed by atoms with Gasteiger partial charge in [0.2, 0.25) is 0 Å². The van der Waals surface area contributed by atoms with Crippen molar-refractivity contribution in [3.8, 4) is 11.1 Å². The fourth-order valence-corrected chi connectivity index (χ4v) is 2.75. The molecule has 0 saturated carbocycles. The lowest BCUT2D eigenvalue weighted by Gasteiger charge is -2.12. The molecule has 0 saturated heterocycles. The van der Waals surface area contributed by atoms with Gasteiger partial charge in [0.25, 0.3) is 0 Å². The molecule has 0 amide bonds. The summed E-state index contributed by atoms with van der Waals surface area (Å²) in [4.78, 5) is 11.5. The van der Waals surface area contributed by atoms with Crippen LogP contribution in [-0.2, 0) is 12.7 Å². The molecule has 1 aromatic carbocycles. The number of carboxylic acids is 1. The number of nitrogens with zero attached hydrogens (tertiary/aromatic N) is 1. The summed E-state index contributed by atoms with van der Waals surface area (Å²) < 4.78 is 40.7. The first-order chi connectivity index (χ1) is 10.2. The van der Waals surface area contributed by atoms with Crippen LogP contribution >= 0.6 is 11.6 Å². The second-order valence-electron chi connectivity index (χ2n) is 4.75. The topological polar surface area (TPSA) is 42.2 Å². The maximum absolute atomic E-state index is 13.3. The molecule has 0 aliphatic heterocycles. The summed E-state index contributed by atoms with van der Waals surface area (Å²) in [5, 5.41) is 9.80. The first kappa shape index (κ1) is 16.4. The van der Waals surface area contributed by atoms with Gasteiger partial charge in [0.1, 0.15) is 11.4 Å². The molecule has 2 rings (SSSR count). The Bertz CT molecular complexity index is 718. The zero-order valence-corrected chi connectivity index (χ0v) is 12.6. The number of benzene rings is 1. The Labute approximate surface area is 129 Å². The van der Waals surface area contributed by atoms with Crippen molar-refractivity contribution in [1.82, 2.24) is 4.57 Å². The van der Waals surface area contributed by atoms with Gasteiger partial charge < -0.3 is 9.67 Å². The third-order valence-electron chi connectivity index (χ3n) is 3.43. The monoisotopic (exact) mass is 331 g/mol. The molecular formula is C15H13ClF3NO2. The molecule has 3 nitrogen and oxygen atoms in total. The van der Waals surface area contributed by atoms with Crippen molar-refractivity contribution in [3.63, 3.8) is 0 Å². The van der Waals surface area contributed by atoms with Crippen LogP contribution in [0.5, 0.6) is 0 Å². The van der Waals surface area contributed by atoms with E-state index < -0.39 is 17.8 Å². The molecule has 1 N–H and O–H groups in total. The minimum atomic E-state index is -4.63. The molecule has 118 valence electrons. The van der Waals surface area contributed by atoms with Gasteiger partial charge in [0.05, 0.1) is 0 Å². The summed E-state index contributed by atoms with van der Waals surface area (Å²) in [5.74, 6) is -1.40. The number of carboxylic acid groups (broad SMARTS) is 1. The predicted octanol–water partition coefficient (Wildman–Crippen LogP) is 4.85.